The van der Waals surface area contributed by atoms with Gasteiger partial charge in [0.1, 0.15) is 0 Å². The van der Waals surface area contributed by atoms with Crippen molar-refractivity contribution in [3.63, 3.8) is 0 Å². The van der Waals surface area contributed by atoms with E-state index in [0.29, 0.717) is 0 Å². The quantitative estimate of drug-likeness (QED) is 0.579. The van der Waals surface area contributed by atoms with Gasteiger partial charge in [-0.3, -0.25) is 4.79 Å². The smallest absolute Gasteiger partial charge is 0.223 e. The van der Waals surface area contributed by atoms with Gasteiger partial charge in [-0.1, -0.05) is 20.6 Å². The first-order valence-electron chi connectivity index (χ1n) is 5.30. The van der Waals surface area contributed by atoms with Crippen LogP contribution in [0.1, 0.15) is 35.3 Å². The van der Waals surface area contributed by atoms with E-state index in [1.54, 1.807) is 0 Å². The fourth-order valence-electron chi connectivity index (χ4n) is 0.174. The summed E-state index contributed by atoms with van der Waals surface area (Å²) in [5, 5.41) is 0. The SMILES string of the molecule is [2H]C([2H])([2H])C(CC)(C(N)=O)C([2H])([2H])[2H]. The van der Waals surface area contributed by atoms with Gasteiger partial charge in [-0.15, -0.1) is 0 Å². The summed E-state index contributed by atoms with van der Waals surface area (Å²) >= 11 is 0. The highest BCUT2D eigenvalue weighted by molar-refractivity contribution is 5.79. The Morgan fingerprint density at radius 3 is 2.38 bits per heavy atom. The zero-order valence-corrected chi connectivity index (χ0v) is 4.69. The van der Waals surface area contributed by atoms with Crippen molar-refractivity contribution >= 4 is 5.91 Å². The normalized spacial score (nSPS) is 25.6. The molecule has 0 unspecified atom stereocenters. The summed E-state index contributed by atoms with van der Waals surface area (Å²) in [7, 11) is 0. The van der Waals surface area contributed by atoms with Crippen LogP contribution in [0.5, 0.6) is 0 Å². The number of hydrogen-bond donors (Lipinski definition) is 1. The van der Waals surface area contributed by atoms with Crippen LogP contribution >= 0.6 is 0 Å². The molecule has 0 aliphatic heterocycles. The van der Waals surface area contributed by atoms with Crippen LogP contribution in [-0.2, 0) is 4.79 Å². The van der Waals surface area contributed by atoms with Crippen molar-refractivity contribution < 1.29 is 13.0 Å². The number of amides is 1. The first-order chi connectivity index (χ1) is 6.00. The van der Waals surface area contributed by atoms with Crippen LogP contribution in [0.2, 0.25) is 0 Å². The monoisotopic (exact) mass is 121 g/mol. The molecule has 0 radical (unpaired) electrons. The Morgan fingerprint density at radius 1 is 1.88 bits per heavy atom. The molecule has 0 saturated carbocycles. The van der Waals surface area contributed by atoms with Crippen LogP contribution in [0.4, 0.5) is 0 Å². The molecule has 0 atom stereocenters. The molecule has 0 aromatic carbocycles. The zero-order valence-electron chi connectivity index (χ0n) is 10.7. The molecule has 0 saturated heterocycles. The number of hydrogen-bond acceptors (Lipinski definition) is 1. The van der Waals surface area contributed by atoms with Gasteiger partial charge >= 0.3 is 0 Å². The van der Waals surface area contributed by atoms with Crippen LogP contribution in [0, 0.1) is 5.41 Å². The van der Waals surface area contributed by atoms with Gasteiger partial charge in [-0.2, -0.15) is 0 Å². The highest BCUT2D eigenvalue weighted by Gasteiger charge is 2.21. The van der Waals surface area contributed by atoms with Gasteiger partial charge < -0.3 is 5.73 Å². The van der Waals surface area contributed by atoms with Crippen LogP contribution < -0.4 is 5.73 Å². The lowest BCUT2D eigenvalue weighted by atomic mass is 9.90. The third-order valence-corrected chi connectivity index (χ3v) is 0.951. The fraction of sp³-hybridized carbons (Fsp3) is 0.833. The maximum atomic E-state index is 11.0. The van der Waals surface area contributed by atoms with E-state index in [2.05, 4.69) is 0 Å². The largest absolute Gasteiger partial charge is 0.369 e. The van der Waals surface area contributed by atoms with Crippen molar-refractivity contribution in [1.29, 1.82) is 0 Å². The summed E-state index contributed by atoms with van der Waals surface area (Å²) < 4.78 is 42.6. The second-order valence-corrected chi connectivity index (χ2v) is 1.62. The highest BCUT2D eigenvalue weighted by Crippen LogP contribution is 2.17. The third-order valence-electron chi connectivity index (χ3n) is 0.951. The van der Waals surface area contributed by atoms with E-state index < -0.39 is 25.0 Å². The van der Waals surface area contributed by atoms with E-state index in [9.17, 15) is 4.79 Å². The Balaban J connectivity index is 5.58. The number of rotatable bonds is 2. The van der Waals surface area contributed by atoms with Crippen molar-refractivity contribution in [1.82, 2.24) is 0 Å². The standard InChI is InChI=1S/C6H13NO/c1-4-6(2,3)5(7)8/h4H2,1-3H3,(H2,7,8)/i2D3,3D3. The summed E-state index contributed by atoms with van der Waals surface area (Å²) in [6, 6.07) is 0. The minimum absolute atomic E-state index is 0.338. The van der Waals surface area contributed by atoms with Gasteiger partial charge in [0.05, 0.1) is 0 Å². The summed E-state index contributed by atoms with van der Waals surface area (Å²) in [4.78, 5) is 11.0. The lowest BCUT2D eigenvalue weighted by Gasteiger charge is -2.16. The first-order valence-corrected chi connectivity index (χ1v) is 2.30. The summed E-state index contributed by atoms with van der Waals surface area (Å²) in [6.45, 7) is -4.51. The number of carbonyl (C=O) groups is 1. The minimum atomic E-state index is -2.92. The molecule has 0 aromatic heterocycles. The van der Waals surface area contributed by atoms with Crippen LogP contribution in [0.25, 0.3) is 0 Å². The first kappa shape index (κ1) is 2.01. The topological polar surface area (TPSA) is 43.1 Å². The van der Waals surface area contributed by atoms with Crippen LogP contribution in [0.3, 0.4) is 0 Å². The average molecular weight is 121 g/mol. The predicted octanol–water partition coefficient (Wildman–Crippen LogP) is 0.908. The second-order valence-electron chi connectivity index (χ2n) is 1.62. The maximum Gasteiger partial charge on any atom is 0.223 e. The van der Waals surface area contributed by atoms with E-state index in [-0.39, 0.29) is 6.42 Å². The zero-order chi connectivity index (χ0) is 11.8. The van der Waals surface area contributed by atoms with E-state index in [4.69, 9.17) is 14.0 Å². The second kappa shape index (κ2) is 2.16. The molecule has 0 bridgehead atoms. The molecule has 1 amide bonds. The maximum absolute atomic E-state index is 11.0. The summed E-state index contributed by atoms with van der Waals surface area (Å²) in [6.07, 6.45) is -0.338. The van der Waals surface area contributed by atoms with Gasteiger partial charge in [0.25, 0.3) is 0 Å². The lowest BCUT2D eigenvalue weighted by molar-refractivity contribution is -0.126. The van der Waals surface area contributed by atoms with Gasteiger partial charge in [-0.05, 0) is 6.42 Å². The molecule has 2 N–H and O–H groups in total. The van der Waals surface area contributed by atoms with Crippen LogP contribution in [0.15, 0.2) is 0 Å². The molecule has 2 heteroatoms. The van der Waals surface area contributed by atoms with E-state index in [0.717, 1.165) is 0 Å². The van der Waals surface area contributed by atoms with E-state index >= 15 is 0 Å². The predicted molar refractivity (Wildman–Crippen MR) is 33.3 cm³/mol. The molecule has 0 fully saturated rings. The van der Waals surface area contributed by atoms with Gasteiger partial charge in [0.2, 0.25) is 5.91 Å². The van der Waals surface area contributed by atoms with Crippen molar-refractivity contribution in [2.75, 3.05) is 0 Å². The summed E-state index contributed by atoms with van der Waals surface area (Å²) in [5.74, 6) is -1.31. The van der Waals surface area contributed by atoms with Crippen molar-refractivity contribution in [2.24, 2.45) is 11.1 Å². The molecule has 0 heterocycles. The third kappa shape index (κ3) is 1.52. The van der Waals surface area contributed by atoms with Crippen LogP contribution in [-0.4, -0.2) is 5.91 Å². The van der Waals surface area contributed by atoms with E-state index in [1.807, 2.05) is 0 Å². The molecule has 0 rings (SSSR count). The Bertz CT molecular complexity index is 215. The Kier molecular flexibility index (Phi) is 0.543. The lowest BCUT2D eigenvalue weighted by Crippen LogP contribution is -2.30. The van der Waals surface area contributed by atoms with Crippen molar-refractivity contribution in [3.8, 4) is 0 Å². The fourth-order valence-corrected chi connectivity index (χ4v) is 0.174. The molecule has 48 valence electrons. The Labute approximate surface area is 58.5 Å². The highest BCUT2D eigenvalue weighted by atomic mass is 16.1. The molecule has 2 nitrogen and oxygen atoms in total. The Hall–Kier alpha value is -0.530. The van der Waals surface area contributed by atoms with Crippen molar-refractivity contribution in [2.45, 2.75) is 27.0 Å². The Morgan fingerprint density at radius 2 is 2.38 bits per heavy atom. The number of primary amides is 1. The molecule has 8 heavy (non-hydrogen) atoms. The molecular formula is C6H13NO. The van der Waals surface area contributed by atoms with Gasteiger partial charge in [0, 0.05) is 13.6 Å². The van der Waals surface area contributed by atoms with E-state index in [1.165, 1.54) is 6.92 Å². The molecular weight excluding hydrogens is 102 g/mol. The number of carbonyl (C=O) groups excluding carboxylic acids is 1. The molecule has 0 aromatic rings. The van der Waals surface area contributed by atoms with Crippen molar-refractivity contribution in [3.05, 3.63) is 0 Å². The minimum Gasteiger partial charge on any atom is -0.369 e. The molecule has 0 aliphatic rings. The molecule has 0 aliphatic carbocycles. The summed E-state index contributed by atoms with van der Waals surface area (Å²) in [5.41, 5.74) is 2.45. The van der Waals surface area contributed by atoms with Gasteiger partial charge in [0.15, 0.2) is 0 Å². The average Bonchev–Trinajstić information content (AvgIpc) is 1.80. The molecule has 0 spiro atoms. The van der Waals surface area contributed by atoms with Gasteiger partial charge in [-0.25, -0.2) is 0 Å². The number of nitrogens with two attached hydrogens (primary N) is 1.